The van der Waals surface area contributed by atoms with E-state index in [0.29, 0.717) is 13.1 Å². The van der Waals surface area contributed by atoms with Gasteiger partial charge < -0.3 is 15.0 Å². The van der Waals surface area contributed by atoms with Crippen LogP contribution in [-0.4, -0.2) is 49.1 Å². The molecule has 1 saturated heterocycles. The highest BCUT2D eigenvalue weighted by Gasteiger charge is 2.21. The molecule has 0 aliphatic carbocycles. The van der Waals surface area contributed by atoms with Crippen molar-refractivity contribution in [2.24, 2.45) is 0 Å². The molecule has 25 heavy (non-hydrogen) atoms. The smallest absolute Gasteiger partial charge is 0.321 e. The molecule has 0 radical (unpaired) electrons. The number of anilines is 1. The second kappa shape index (κ2) is 8.23. The molecule has 1 fully saturated rings. The van der Waals surface area contributed by atoms with Gasteiger partial charge in [0, 0.05) is 49.5 Å². The zero-order valence-electron chi connectivity index (χ0n) is 14.2. The first kappa shape index (κ1) is 17.6. The maximum Gasteiger partial charge on any atom is 0.321 e. The summed E-state index contributed by atoms with van der Waals surface area (Å²) in [4.78, 5) is 16.6. The van der Waals surface area contributed by atoms with Crippen molar-refractivity contribution in [1.82, 2.24) is 9.80 Å². The standard InChI is InChI=1S/C19H22ClN3O2/c1-25-17-7-4-6-16(13-17)21-19(24)23-11-9-22(10-12-23)14-15-5-2-3-8-18(15)20/h2-8,13H,9-12,14H2,1H3,(H,21,24). The number of methoxy groups -OCH3 is 1. The van der Waals surface area contributed by atoms with E-state index >= 15 is 0 Å². The van der Waals surface area contributed by atoms with Crippen LogP contribution in [0.3, 0.4) is 0 Å². The average molecular weight is 360 g/mol. The predicted octanol–water partition coefficient (Wildman–Crippen LogP) is 3.70. The van der Waals surface area contributed by atoms with Crippen molar-refractivity contribution >= 4 is 23.3 Å². The minimum absolute atomic E-state index is 0.0781. The molecule has 132 valence electrons. The van der Waals surface area contributed by atoms with Crippen LogP contribution in [-0.2, 0) is 6.54 Å². The van der Waals surface area contributed by atoms with Gasteiger partial charge in [-0.25, -0.2) is 4.79 Å². The number of urea groups is 1. The Morgan fingerprint density at radius 1 is 1.12 bits per heavy atom. The molecule has 0 aromatic heterocycles. The lowest BCUT2D eigenvalue weighted by Crippen LogP contribution is -2.49. The topological polar surface area (TPSA) is 44.8 Å². The molecule has 3 rings (SSSR count). The van der Waals surface area contributed by atoms with E-state index in [0.717, 1.165) is 41.7 Å². The molecule has 1 aliphatic heterocycles. The van der Waals surface area contributed by atoms with Crippen molar-refractivity contribution in [3.05, 3.63) is 59.1 Å². The van der Waals surface area contributed by atoms with Crippen molar-refractivity contribution in [3.8, 4) is 5.75 Å². The Hall–Kier alpha value is -2.24. The molecular formula is C19H22ClN3O2. The zero-order chi connectivity index (χ0) is 17.6. The largest absolute Gasteiger partial charge is 0.497 e. The normalized spacial score (nSPS) is 15.0. The van der Waals surface area contributed by atoms with E-state index in [2.05, 4.69) is 10.2 Å². The predicted molar refractivity (Wildman–Crippen MR) is 100 cm³/mol. The third kappa shape index (κ3) is 4.65. The van der Waals surface area contributed by atoms with Crippen LogP contribution in [0.4, 0.5) is 10.5 Å². The Labute approximate surface area is 153 Å². The minimum atomic E-state index is -0.0781. The molecule has 0 spiro atoms. The summed E-state index contributed by atoms with van der Waals surface area (Å²) in [6.45, 7) is 3.86. The van der Waals surface area contributed by atoms with Crippen LogP contribution in [0.15, 0.2) is 48.5 Å². The van der Waals surface area contributed by atoms with Crippen molar-refractivity contribution in [1.29, 1.82) is 0 Å². The van der Waals surface area contributed by atoms with Crippen LogP contribution in [0.2, 0.25) is 5.02 Å². The van der Waals surface area contributed by atoms with Crippen LogP contribution in [0.25, 0.3) is 0 Å². The number of nitrogens with one attached hydrogen (secondary N) is 1. The SMILES string of the molecule is COc1cccc(NC(=O)N2CCN(Cc3ccccc3Cl)CC2)c1. The van der Waals surface area contributed by atoms with E-state index < -0.39 is 0 Å². The first-order valence-electron chi connectivity index (χ1n) is 8.31. The number of nitrogens with zero attached hydrogens (tertiary/aromatic N) is 2. The van der Waals surface area contributed by atoms with Crippen molar-refractivity contribution in [2.45, 2.75) is 6.54 Å². The molecule has 0 saturated carbocycles. The van der Waals surface area contributed by atoms with Gasteiger partial charge in [-0.1, -0.05) is 35.9 Å². The summed E-state index contributed by atoms with van der Waals surface area (Å²) in [7, 11) is 1.61. The third-order valence-electron chi connectivity index (χ3n) is 4.33. The number of halogens is 1. The van der Waals surface area contributed by atoms with E-state index in [1.807, 2.05) is 53.4 Å². The van der Waals surface area contributed by atoms with Gasteiger partial charge >= 0.3 is 6.03 Å². The lowest BCUT2D eigenvalue weighted by molar-refractivity contribution is 0.143. The summed E-state index contributed by atoms with van der Waals surface area (Å²) in [6.07, 6.45) is 0. The van der Waals surface area contributed by atoms with Gasteiger partial charge in [0.05, 0.1) is 7.11 Å². The van der Waals surface area contributed by atoms with E-state index in [1.54, 1.807) is 7.11 Å². The second-order valence-electron chi connectivity index (χ2n) is 6.02. The highest BCUT2D eigenvalue weighted by atomic mass is 35.5. The van der Waals surface area contributed by atoms with E-state index in [-0.39, 0.29) is 6.03 Å². The van der Waals surface area contributed by atoms with Crippen LogP contribution in [0, 0.1) is 0 Å². The van der Waals surface area contributed by atoms with Crippen molar-refractivity contribution in [2.75, 3.05) is 38.6 Å². The third-order valence-corrected chi connectivity index (χ3v) is 4.70. The number of amides is 2. The van der Waals surface area contributed by atoms with Gasteiger partial charge in [-0.15, -0.1) is 0 Å². The fourth-order valence-corrected chi connectivity index (χ4v) is 3.08. The molecule has 2 amide bonds. The first-order chi connectivity index (χ1) is 12.2. The van der Waals surface area contributed by atoms with Crippen LogP contribution in [0.5, 0.6) is 5.75 Å². The summed E-state index contributed by atoms with van der Waals surface area (Å²) in [5.41, 5.74) is 1.86. The number of rotatable bonds is 4. The Balaban J connectivity index is 1.51. The Morgan fingerprint density at radius 3 is 2.60 bits per heavy atom. The summed E-state index contributed by atoms with van der Waals surface area (Å²) in [5, 5.41) is 3.72. The quantitative estimate of drug-likeness (QED) is 0.905. The number of carbonyl (C=O) groups excluding carboxylic acids is 1. The van der Waals surface area contributed by atoms with E-state index in [1.165, 1.54) is 0 Å². The molecule has 0 atom stereocenters. The Bertz CT molecular complexity index is 730. The van der Waals surface area contributed by atoms with Gasteiger partial charge in [-0.3, -0.25) is 4.90 Å². The summed E-state index contributed by atoms with van der Waals surface area (Å²) in [5.74, 6) is 0.724. The lowest BCUT2D eigenvalue weighted by Gasteiger charge is -2.34. The monoisotopic (exact) mass is 359 g/mol. The van der Waals surface area contributed by atoms with Crippen molar-refractivity contribution < 1.29 is 9.53 Å². The van der Waals surface area contributed by atoms with Crippen molar-refractivity contribution in [3.63, 3.8) is 0 Å². The van der Waals surface area contributed by atoms with E-state index in [9.17, 15) is 4.79 Å². The Kier molecular flexibility index (Phi) is 5.79. The summed E-state index contributed by atoms with van der Waals surface area (Å²) in [6, 6.07) is 15.2. The zero-order valence-corrected chi connectivity index (χ0v) is 15.0. The van der Waals surface area contributed by atoms with E-state index in [4.69, 9.17) is 16.3 Å². The molecule has 5 nitrogen and oxygen atoms in total. The van der Waals surface area contributed by atoms with Gasteiger partial charge in [0.1, 0.15) is 5.75 Å². The van der Waals surface area contributed by atoms with Gasteiger partial charge in [0.25, 0.3) is 0 Å². The minimum Gasteiger partial charge on any atom is -0.497 e. The highest BCUT2D eigenvalue weighted by Crippen LogP contribution is 2.19. The molecule has 2 aromatic rings. The number of benzene rings is 2. The molecule has 1 N–H and O–H groups in total. The molecule has 6 heteroatoms. The highest BCUT2D eigenvalue weighted by molar-refractivity contribution is 6.31. The number of carbonyl (C=O) groups is 1. The van der Waals surface area contributed by atoms with Gasteiger partial charge in [-0.2, -0.15) is 0 Å². The Morgan fingerprint density at radius 2 is 1.88 bits per heavy atom. The number of ether oxygens (including phenoxy) is 1. The van der Waals surface area contributed by atoms with Gasteiger partial charge in [0.15, 0.2) is 0 Å². The first-order valence-corrected chi connectivity index (χ1v) is 8.69. The molecule has 0 bridgehead atoms. The maximum atomic E-state index is 12.4. The van der Waals surface area contributed by atoms with Crippen LogP contribution < -0.4 is 10.1 Å². The molecule has 0 unspecified atom stereocenters. The fourth-order valence-electron chi connectivity index (χ4n) is 2.88. The number of hydrogen-bond acceptors (Lipinski definition) is 3. The van der Waals surface area contributed by atoms with Crippen LogP contribution >= 0.6 is 11.6 Å². The number of hydrogen-bond donors (Lipinski definition) is 1. The number of piperazine rings is 1. The summed E-state index contributed by atoms with van der Waals surface area (Å²) >= 11 is 6.23. The fraction of sp³-hybridized carbons (Fsp3) is 0.316. The molecule has 1 heterocycles. The molecular weight excluding hydrogens is 338 g/mol. The maximum absolute atomic E-state index is 12.4. The van der Waals surface area contributed by atoms with Crippen LogP contribution in [0.1, 0.15) is 5.56 Å². The van der Waals surface area contributed by atoms with Gasteiger partial charge in [-0.05, 0) is 23.8 Å². The summed E-state index contributed by atoms with van der Waals surface area (Å²) < 4.78 is 5.18. The lowest BCUT2D eigenvalue weighted by atomic mass is 10.2. The molecule has 2 aromatic carbocycles. The average Bonchev–Trinajstić information content (AvgIpc) is 2.64. The second-order valence-corrected chi connectivity index (χ2v) is 6.42. The van der Waals surface area contributed by atoms with Gasteiger partial charge in [0.2, 0.25) is 0 Å². The molecule has 1 aliphatic rings.